The van der Waals surface area contributed by atoms with Crippen molar-refractivity contribution in [3.8, 4) is 0 Å². The Morgan fingerprint density at radius 1 is 1.48 bits per heavy atom. The first-order valence-corrected chi connectivity index (χ1v) is 7.51. The molecule has 8 heteroatoms. The van der Waals surface area contributed by atoms with E-state index in [1.807, 2.05) is 26.2 Å². The van der Waals surface area contributed by atoms with Crippen molar-refractivity contribution in [2.45, 2.75) is 44.8 Å². The van der Waals surface area contributed by atoms with Crippen LogP contribution in [0.15, 0.2) is 5.38 Å². The molecule has 7 nitrogen and oxygen atoms in total. The molecule has 2 rings (SSSR count). The summed E-state index contributed by atoms with van der Waals surface area (Å²) >= 11 is 1.29. The van der Waals surface area contributed by atoms with Gasteiger partial charge in [-0.2, -0.15) is 0 Å². The summed E-state index contributed by atoms with van der Waals surface area (Å²) in [6.07, 6.45) is -0.758. The molecule has 116 valence electrons. The predicted molar refractivity (Wildman–Crippen MR) is 78.6 cm³/mol. The lowest BCUT2D eigenvalue weighted by Gasteiger charge is -2.20. The third-order valence-electron chi connectivity index (χ3n) is 3.31. The number of likely N-dealkylation sites (tertiary alicyclic amines) is 1. The Morgan fingerprint density at radius 3 is 2.67 bits per heavy atom. The highest BCUT2D eigenvalue weighted by Gasteiger charge is 2.39. The molecular weight excluding hydrogens is 294 g/mol. The van der Waals surface area contributed by atoms with Crippen LogP contribution in [0, 0.1) is 0 Å². The van der Waals surface area contributed by atoms with Crippen LogP contribution in [-0.4, -0.2) is 50.8 Å². The highest BCUT2D eigenvalue weighted by Crippen LogP contribution is 2.27. The monoisotopic (exact) mass is 313 g/mol. The zero-order valence-corrected chi connectivity index (χ0v) is 13.0. The summed E-state index contributed by atoms with van der Waals surface area (Å²) < 4.78 is 0. The van der Waals surface area contributed by atoms with Crippen LogP contribution >= 0.6 is 11.3 Å². The maximum atomic E-state index is 12.1. The molecule has 1 fully saturated rings. The summed E-state index contributed by atoms with van der Waals surface area (Å²) in [6, 6.07) is -1.55. The first kappa shape index (κ1) is 15.7. The summed E-state index contributed by atoms with van der Waals surface area (Å²) in [4.78, 5) is 28.7. The molecule has 1 saturated heterocycles. The Balaban J connectivity index is 2.07. The van der Waals surface area contributed by atoms with Crippen LogP contribution in [0.1, 0.15) is 32.9 Å². The van der Waals surface area contributed by atoms with Crippen molar-refractivity contribution >= 4 is 28.5 Å². The second-order valence-electron chi connectivity index (χ2n) is 6.11. The number of nitrogens with one attached hydrogen (secondary N) is 1. The molecule has 0 aromatic carbocycles. The number of aliphatic hydroxyl groups excluding tert-OH is 1. The number of urea groups is 1. The smallest absolute Gasteiger partial charge is 0.326 e. The fraction of sp³-hybridized carbons (Fsp3) is 0.615. The van der Waals surface area contributed by atoms with Crippen molar-refractivity contribution in [2.24, 2.45) is 0 Å². The zero-order chi connectivity index (χ0) is 15.8. The average molecular weight is 313 g/mol. The van der Waals surface area contributed by atoms with Gasteiger partial charge >= 0.3 is 12.0 Å². The van der Waals surface area contributed by atoms with E-state index in [4.69, 9.17) is 5.11 Å². The Labute approximate surface area is 126 Å². The molecule has 21 heavy (non-hydrogen) atoms. The molecule has 2 amide bonds. The van der Waals surface area contributed by atoms with Gasteiger partial charge in [-0.25, -0.2) is 14.6 Å². The zero-order valence-electron chi connectivity index (χ0n) is 12.2. The number of nitrogens with zero attached hydrogens (tertiary/aromatic N) is 2. The Hall–Kier alpha value is -1.67. The number of carboxylic acids is 1. The van der Waals surface area contributed by atoms with Crippen molar-refractivity contribution in [3.63, 3.8) is 0 Å². The molecular formula is C13H19N3O4S. The fourth-order valence-corrected chi connectivity index (χ4v) is 3.04. The third kappa shape index (κ3) is 3.51. The number of amides is 2. The van der Waals surface area contributed by atoms with E-state index in [1.165, 1.54) is 11.3 Å². The number of aliphatic carboxylic acids is 1. The van der Waals surface area contributed by atoms with Crippen molar-refractivity contribution < 1.29 is 19.8 Å². The second-order valence-corrected chi connectivity index (χ2v) is 6.97. The van der Waals surface area contributed by atoms with Gasteiger partial charge in [-0.05, 0) is 0 Å². The van der Waals surface area contributed by atoms with Crippen molar-refractivity contribution in [3.05, 3.63) is 11.1 Å². The van der Waals surface area contributed by atoms with Gasteiger partial charge in [-0.3, -0.25) is 5.32 Å². The lowest BCUT2D eigenvalue weighted by atomic mass is 9.93. The largest absolute Gasteiger partial charge is 0.480 e. The van der Waals surface area contributed by atoms with Gasteiger partial charge in [-0.15, -0.1) is 11.3 Å². The Morgan fingerprint density at radius 2 is 2.14 bits per heavy atom. The molecule has 1 aliphatic heterocycles. The van der Waals surface area contributed by atoms with Crippen LogP contribution in [0.25, 0.3) is 0 Å². The van der Waals surface area contributed by atoms with Crippen molar-refractivity contribution in [1.29, 1.82) is 0 Å². The van der Waals surface area contributed by atoms with Gasteiger partial charge in [0.1, 0.15) is 6.04 Å². The molecule has 0 aliphatic carbocycles. The number of carbonyl (C=O) groups is 2. The van der Waals surface area contributed by atoms with Crippen molar-refractivity contribution in [2.75, 3.05) is 11.9 Å². The van der Waals surface area contributed by atoms with Crippen LogP contribution < -0.4 is 5.32 Å². The SMILES string of the molecule is CC(C)(C)c1csc(NC(=O)N2C[C@@H](O)C[C@H]2C(=O)O)n1. The number of thiazole rings is 1. The lowest BCUT2D eigenvalue weighted by Crippen LogP contribution is -2.43. The molecule has 0 radical (unpaired) electrons. The van der Waals surface area contributed by atoms with Gasteiger partial charge in [-0.1, -0.05) is 20.8 Å². The summed E-state index contributed by atoms with van der Waals surface area (Å²) in [6.45, 7) is 6.07. The van der Waals surface area contributed by atoms with E-state index in [1.54, 1.807) is 0 Å². The first-order valence-electron chi connectivity index (χ1n) is 6.63. The average Bonchev–Trinajstić information content (AvgIpc) is 2.94. The Kier molecular flexibility index (Phi) is 4.20. The minimum absolute atomic E-state index is 0.0142. The highest BCUT2D eigenvalue weighted by atomic mass is 32.1. The van der Waals surface area contributed by atoms with Crippen LogP contribution in [0.5, 0.6) is 0 Å². The number of anilines is 1. The van der Waals surface area contributed by atoms with Gasteiger partial charge in [0, 0.05) is 23.8 Å². The van der Waals surface area contributed by atoms with E-state index in [9.17, 15) is 14.7 Å². The number of rotatable bonds is 2. The predicted octanol–water partition coefficient (Wildman–Crippen LogP) is 1.49. The Bertz CT molecular complexity index is 552. The topological polar surface area (TPSA) is 103 Å². The van der Waals surface area contributed by atoms with E-state index in [0.717, 1.165) is 10.6 Å². The van der Waals surface area contributed by atoms with Crippen LogP contribution in [-0.2, 0) is 10.2 Å². The molecule has 0 unspecified atom stereocenters. The molecule has 1 aromatic rings. The minimum atomic E-state index is -1.11. The van der Waals surface area contributed by atoms with Gasteiger partial charge in [0.25, 0.3) is 0 Å². The van der Waals surface area contributed by atoms with E-state index in [-0.39, 0.29) is 18.4 Å². The van der Waals surface area contributed by atoms with E-state index >= 15 is 0 Å². The summed E-state index contributed by atoms with van der Waals surface area (Å²) in [5.74, 6) is -1.11. The number of hydrogen-bond donors (Lipinski definition) is 3. The normalized spacial score (nSPS) is 22.4. The molecule has 3 N–H and O–H groups in total. The molecule has 1 aliphatic rings. The molecule has 0 spiro atoms. The summed E-state index contributed by atoms with van der Waals surface area (Å²) in [5, 5.41) is 23.5. The first-order chi connectivity index (χ1) is 9.68. The molecule has 2 atom stereocenters. The lowest BCUT2D eigenvalue weighted by molar-refractivity contribution is -0.141. The second kappa shape index (κ2) is 5.61. The number of carbonyl (C=O) groups excluding carboxylic acids is 1. The number of aliphatic hydroxyl groups is 1. The van der Waals surface area contributed by atoms with E-state index in [0.29, 0.717) is 5.13 Å². The maximum absolute atomic E-state index is 12.1. The van der Waals surface area contributed by atoms with Crippen molar-refractivity contribution in [1.82, 2.24) is 9.88 Å². The summed E-state index contributed by atoms with van der Waals surface area (Å²) in [7, 11) is 0. The quantitative estimate of drug-likeness (QED) is 0.767. The highest BCUT2D eigenvalue weighted by molar-refractivity contribution is 7.13. The number of carboxylic acid groups (broad SMARTS) is 1. The fourth-order valence-electron chi connectivity index (χ4n) is 2.11. The van der Waals surface area contributed by atoms with E-state index < -0.39 is 24.1 Å². The molecule has 1 aromatic heterocycles. The van der Waals surface area contributed by atoms with Crippen LogP contribution in [0.3, 0.4) is 0 Å². The minimum Gasteiger partial charge on any atom is -0.480 e. The number of hydrogen-bond acceptors (Lipinski definition) is 5. The summed E-state index contributed by atoms with van der Waals surface area (Å²) in [5.41, 5.74) is 0.742. The number of aromatic nitrogens is 1. The van der Waals surface area contributed by atoms with Crippen LogP contribution in [0.4, 0.5) is 9.93 Å². The maximum Gasteiger partial charge on any atom is 0.326 e. The third-order valence-corrected chi connectivity index (χ3v) is 4.07. The molecule has 0 saturated carbocycles. The van der Waals surface area contributed by atoms with Gasteiger partial charge < -0.3 is 15.1 Å². The molecule has 2 heterocycles. The standard InChI is InChI=1S/C13H19N3O4S/c1-13(2,3)9-6-21-11(14-9)15-12(20)16-5-7(17)4-8(16)10(18)19/h6-8,17H,4-5H2,1-3H3,(H,18,19)(H,14,15,20)/t7-,8-/m0/s1. The van der Waals surface area contributed by atoms with Gasteiger partial charge in [0.15, 0.2) is 5.13 Å². The number of β-amino-alcohol motifs (C(OH)–C–C–N with tert-alkyl or cyclic N) is 1. The van der Waals surface area contributed by atoms with E-state index in [2.05, 4.69) is 10.3 Å². The molecule has 0 bridgehead atoms. The van der Waals surface area contributed by atoms with Gasteiger partial charge in [0.2, 0.25) is 0 Å². The van der Waals surface area contributed by atoms with Gasteiger partial charge in [0.05, 0.1) is 11.8 Å². The van der Waals surface area contributed by atoms with Crippen LogP contribution in [0.2, 0.25) is 0 Å².